The van der Waals surface area contributed by atoms with E-state index in [1.165, 1.54) is 18.3 Å². The molecule has 1 heterocycles. The van der Waals surface area contributed by atoms with Crippen LogP contribution in [0.3, 0.4) is 0 Å². The molecule has 1 aromatic carbocycles. The van der Waals surface area contributed by atoms with Gasteiger partial charge in [-0.1, -0.05) is 11.6 Å². The molecule has 0 bridgehead atoms. The van der Waals surface area contributed by atoms with E-state index >= 15 is 0 Å². The number of aromatic hydroxyl groups is 1. The van der Waals surface area contributed by atoms with Gasteiger partial charge in [-0.3, -0.25) is 14.8 Å². The maximum absolute atomic E-state index is 12.1. The molecule has 0 aliphatic carbocycles. The lowest BCUT2D eigenvalue weighted by atomic mass is 10.3. The molecule has 10 heteroatoms. The molecule has 21 heavy (non-hydrogen) atoms. The van der Waals surface area contributed by atoms with E-state index in [0.717, 1.165) is 18.2 Å². The molecule has 2 N–H and O–H groups in total. The van der Waals surface area contributed by atoms with Gasteiger partial charge in [-0.15, -0.1) is 0 Å². The zero-order valence-electron chi connectivity index (χ0n) is 10.2. The Morgan fingerprint density at radius 1 is 1.33 bits per heavy atom. The molecule has 8 nitrogen and oxygen atoms in total. The standard InChI is InChI=1S/C11H8ClN3O5S/c12-8-2-1-5-13-11(8)14-21(19,20)7-3-4-10(16)9(6-7)15(17)18/h1-6,16H,(H,13,14). The van der Waals surface area contributed by atoms with Gasteiger partial charge in [0.15, 0.2) is 11.6 Å². The van der Waals surface area contributed by atoms with E-state index in [0.29, 0.717) is 0 Å². The lowest BCUT2D eigenvalue weighted by molar-refractivity contribution is -0.386. The summed E-state index contributed by atoms with van der Waals surface area (Å²) in [7, 11) is -4.12. The van der Waals surface area contributed by atoms with E-state index in [-0.39, 0.29) is 10.8 Å². The Morgan fingerprint density at radius 3 is 2.67 bits per heavy atom. The number of anilines is 1. The van der Waals surface area contributed by atoms with Crippen LogP contribution in [-0.2, 0) is 10.0 Å². The van der Waals surface area contributed by atoms with E-state index in [1.807, 2.05) is 0 Å². The number of sulfonamides is 1. The second-order valence-electron chi connectivity index (χ2n) is 3.85. The van der Waals surface area contributed by atoms with Gasteiger partial charge in [0.1, 0.15) is 0 Å². The van der Waals surface area contributed by atoms with Crippen LogP contribution in [0.5, 0.6) is 5.75 Å². The number of nitrogens with one attached hydrogen (secondary N) is 1. The van der Waals surface area contributed by atoms with Crippen molar-refractivity contribution < 1.29 is 18.4 Å². The number of phenolic OH excluding ortho intramolecular Hbond substituents is 1. The minimum Gasteiger partial charge on any atom is -0.502 e. The first kappa shape index (κ1) is 15.0. The molecule has 0 saturated carbocycles. The van der Waals surface area contributed by atoms with Gasteiger partial charge in [0, 0.05) is 12.3 Å². The summed E-state index contributed by atoms with van der Waals surface area (Å²) in [5.74, 6) is -0.732. The second-order valence-corrected chi connectivity index (χ2v) is 5.94. The molecular formula is C11H8ClN3O5S. The Morgan fingerprint density at radius 2 is 2.05 bits per heavy atom. The van der Waals surface area contributed by atoms with Crippen LogP contribution < -0.4 is 4.72 Å². The Labute approximate surface area is 124 Å². The van der Waals surface area contributed by atoms with Gasteiger partial charge < -0.3 is 5.11 Å². The number of rotatable bonds is 4. The highest BCUT2D eigenvalue weighted by Gasteiger charge is 2.22. The van der Waals surface area contributed by atoms with Crippen LogP contribution in [0.1, 0.15) is 0 Å². The van der Waals surface area contributed by atoms with Crippen molar-refractivity contribution in [1.82, 2.24) is 4.98 Å². The fraction of sp³-hybridized carbons (Fsp3) is 0. The highest BCUT2D eigenvalue weighted by atomic mass is 35.5. The second kappa shape index (κ2) is 5.54. The molecule has 0 saturated heterocycles. The van der Waals surface area contributed by atoms with E-state index < -0.39 is 31.3 Å². The average molecular weight is 330 g/mol. The van der Waals surface area contributed by atoms with Gasteiger partial charge in [-0.25, -0.2) is 13.4 Å². The smallest absolute Gasteiger partial charge is 0.312 e. The van der Waals surface area contributed by atoms with Gasteiger partial charge in [-0.05, 0) is 24.3 Å². The summed E-state index contributed by atoms with van der Waals surface area (Å²) in [6.45, 7) is 0. The summed E-state index contributed by atoms with van der Waals surface area (Å²) in [5.41, 5.74) is -0.718. The summed E-state index contributed by atoms with van der Waals surface area (Å²) < 4.78 is 26.4. The number of nitro benzene ring substituents is 1. The van der Waals surface area contributed by atoms with E-state index in [9.17, 15) is 23.6 Å². The highest BCUT2D eigenvalue weighted by molar-refractivity contribution is 7.92. The Balaban J connectivity index is 2.43. The number of hydrogen-bond donors (Lipinski definition) is 2. The monoisotopic (exact) mass is 329 g/mol. The van der Waals surface area contributed by atoms with Gasteiger partial charge >= 0.3 is 5.69 Å². The number of nitrogens with zero attached hydrogens (tertiary/aromatic N) is 2. The Kier molecular flexibility index (Phi) is 3.96. The molecule has 0 atom stereocenters. The zero-order valence-corrected chi connectivity index (χ0v) is 11.8. The number of phenols is 1. The molecule has 0 radical (unpaired) electrons. The normalized spacial score (nSPS) is 11.1. The third kappa shape index (κ3) is 3.20. The lowest BCUT2D eigenvalue weighted by Gasteiger charge is -2.08. The van der Waals surface area contributed by atoms with Crippen LogP contribution in [0.2, 0.25) is 5.02 Å². The summed E-state index contributed by atoms with van der Waals surface area (Å²) in [6, 6.07) is 5.65. The van der Waals surface area contributed by atoms with Crippen LogP contribution >= 0.6 is 11.6 Å². The summed E-state index contributed by atoms with van der Waals surface area (Å²) in [4.78, 5) is 13.2. The molecule has 0 amide bonds. The maximum atomic E-state index is 12.1. The summed E-state index contributed by atoms with van der Waals surface area (Å²) in [6.07, 6.45) is 1.34. The molecule has 0 aliphatic heterocycles. The molecule has 0 fully saturated rings. The first-order valence-electron chi connectivity index (χ1n) is 5.42. The number of benzene rings is 1. The molecule has 0 spiro atoms. The topological polar surface area (TPSA) is 122 Å². The van der Waals surface area contributed by atoms with Gasteiger partial charge in [-0.2, -0.15) is 0 Å². The van der Waals surface area contributed by atoms with E-state index in [1.54, 1.807) is 0 Å². The van der Waals surface area contributed by atoms with Crippen LogP contribution in [-0.4, -0.2) is 23.4 Å². The third-order valence-corrected chi connectivity index (χ3v) is 4.08. The fourth-order valence-corrected chi connectivity index (χ4v) is 2.74. The number of halogens is 1. The van der Waals surface area contributed by atoms with E-state index in [2.05, 4.69) is 9.71 Å². The Hall–Kier alpha value is -2.39. The third-order valence-electron chi connectivity index (χ3n) is 2.44. The summed E-state index contributed by atoms with van der Waals surface area (Å²) >= 11 is 5.79. The minimum absolute atomic E-state index is 0.0781. The lowest BCUT2D eigenvalue weighted by Crippen LogP contribution is -2.14. The van der Waals surface area contributed by atoms with Crippen molar-refractivity contribution in [2.45, 2.75) is 4.90 Å². The minimum atomic E-state index is -4.12. The maximum Gasteiger partial charge on any atom is 0.312 e. The fourth-order valence-electron chi connectivity index (χ4n) is 1.46. The molecule has 0 aliphatic rings. The van der Waals surface area contributed by atoms with Crippen LogP contribution in [0.4, 0.5) is 11.5 Å². The molecule has 2 aromatic rings. The predicted molar refractivity (Wildman–Crippen MR) is 74.8 cm³/mol. The number of pyridine rings is 1. The van der Waals surface area contributed by atoms with Crippen molar-refractivity contribution in [1.29, 1.82) is 0 Å². The highest BCUT2D eigenvalue weighted by Crippen LogP contribution is 2.29. The van der Waals surface area contributed by atoms with Crippen LogP contribution in [0, 0.1) is 10.1 Å². The predicted octanol–water partition coefficient (Wildman–Crippen LogP) is 2.15. The first-order chi connectivity index (χ1) is 9.81. The molecule has 2 rings (SSSR count). The largest absolute Gasteiger partial charge is 0.502 e. The van der Waals surface area contributed by atoms with Crippen molar-refractivity contribution in [3.8, 4) is 5.75 Å². The molecule has 0 unspecified atom stereocenters. The molecular weight excluding hydrogens is 322 g/mol. The quantitative estimate of drug-likeness (QED) is 0.654. The van der Waals surface area contributed by atoms with Crippen LogP contribution in [0.25, 0.3) is 0 Å². The molecule has 1 aromatic heterocycles. The average Bonchev–Trinajstić information content (AvgIpc) is 2.41. The first-order valence-corrected chi connectivity index (χ1v) is 7.28. The summed E-state index contributed by atoms with van der Waals surface area (Å²) in [5, 5.41) is 20.1. The zero-order chi connectivity index (χ0) is 15.6. The Bertz CT molecular complexity index is 809. The van der Waals surface area contributed by atoms with Gasteiger partial charge in [0.2, 0.25) is 0 Å². The van der Waals surface area contributed by atoms with Crippen molar-refractivity contribution in [3.05, 3.63) is 51.7 Å². The van der Waals surface area contributed by atoms with Gasteiger partial charge in [0.05, 0.1) is 14.8 Å². The van der Waals surface area contributed by atoms with Crippen molar-refractivity contribution >= 4 is 33.1 Å². The molecule has 110 valence electrons. The van der Waals surface area contributed by atoms with Crippen molar-refractivity contribution in [2.75, 3.05) is 4.72 Å². The van der Waals surface area contributed by atoms with Gasteiger partial charge in [0.25, 0.3) is 10.0 Å². The SMILES string of the molecule is O=[N+]([O-])c1cc(S(=O)(=O)Nc2ncccc2Cl)ccc1O. The van der Waals surface area contributed by atoms with E-state index in [4.69, 9.17) is 11.6 Å². The van der Waals surface area contributed by atoms with Crippen molar-refractivity contribution in [3.63, 3.8) is 0 Å². The number of aromatic nitrogens is 1. The van der Waals surface area contributed by atoms with Crippen molar-refractivity contribution in [2.24, 2.45) is 0 Å². The van der Waals surface area contributed by atoms with Crippen LogP contribution in [0.15, 0.2) is 41.4 Å². The number of nitro groups is 1. The number of hydrogen-bond acceptors (Lipinski definition) is 6.